The Balaban J connectivity index is 2.10. The normalized spacial score (nSPS) is 24.4. The fraction of sp³-hybridized carbons (Fsp3) is 0.913. The minimum atomic E-state index is -0.695. The lowest BCUT2D eigenvalue weighted by Crippen LogP contribution is -2.43. The summed E-state index contributed by atoms with van der Waals surface area (Å²) in [6.45, 7) is 15.0. The standard InChI is InChI=1S/C23H40O5S3/c1-21(2,3)12-16(19(24)27-17-13-29-9-8-26-17)22(4,5)15-23(6,7)20(25)28-18-14-30-10-11-31-18/h16-18H,8-15H2,1-7H3. The average molecular weight is 493 g/mol. The Morgan fingerprint density at radius 1 is 0.968 bits per heavy atom. The van der Waals surface area contributed by atoms with Gasteiger partial charge in [-0.1, -0.05) is 34.6 Å². The van der Waals surface area contributed by atoms with Crippen molar-refractivity contribution in [2.45, 2.75) is 73.0 Å². The van der Waals surface area contributed by atoms with Gasteiger partial charge in [0.15, 0.2) is 5.44 Å². The summed E-state index contributed by atoms with van der Waals surface area (Å²) in [7, 11) is 0. The number of esters is 2. The molecule has 8 heteroatoms. The maximum absolute atomic E-state index is 13.3. The van der Waals surface area contributed by atoms with Crippen LogP contribution < -0.4 is 0 Å². The number of rotatable bonds is 8. The Hall–Kier alpha value is -0.0500. The molecule has 0 N–H and O–H groups in total. The Bertz CT molecular complexity index is 603. The van der Waals surface area contributed by atoms with Crippen LogP contribution in [0.25, 0.3) is 0 Å². The molecule has 3 unspecified atom stereocenters. The van der Waals surface area contributed by atoms with E-state index in [2.05, 4.69) is 34.6 Å². The van der Waals surface area contributed by atoms with Crippen LogP contribution in [-0.2, 0) is 23.8 Å². The minimum absolute atomic E-state index is 0.0518. The number of carbonyl (C=O) groups excluding carboxylic acids is 2. The smallest absolute Gasteiger partial charge is 0.312 e. The molecule has 0 amide bonds. The Kier molecular flexibility index (Phi) is 9.99. The van der Waals surface area contributed by atoms with Gasteiger partial charge in [-0.15, -0.1) is 11.8 Å². The van der Waals surface area contributed by atoms with Crippen LogP contribution >= 0.6 is 35.3 Å². The van der Waals surface area contributed by atoms with E-state index >= 15 is 0 Å². The topological polar surface area (TPSA) is 61.8 Å². The summed E-state index contributed by atoms with van der Waals surface area (Å²) in [6.07, 6.45) is 0.738. The van der Waals surface area contributed by atoms with E-state index in [9.17, 15) is 9.59 Å². The number of ether oxygens (including phenoxy) is 3. The number of carbonyl (C=O) groups is 2. The SMILES string of the molecule is CC(C)(C)CC(C(=O)OC1CSCCO1)C(C)(C)CC(C)(C)C(=O)OC1CSCCS1. The zero-order chi connectivity index (χ0) is 23.3. The third-order valence-corrected chi connectivity index (χ3v) is 9.09. The summed E-state index contributed by atoms with van der Waals surface area (Å²) in [6, 6.07) is 0. The molecular weight excluding hydrogens is 452 g/mol. The van der Waals surface area contributed by atoms with Crippen LogP contribution in [0.2, 0.25) is 0 Å². The van der Waals surface area contributed by atoms with Gasteiger partial charge in [0.2, 0.25) is 6.29 Å². The molecule has 180 valence electrons. The third-order valence-electron chi connectivity index (χ3n) is 5.55. The first-order valence-electron chi connectivity index (χ1n) is 11.1. The van der Waals surface area contributed by atoms with Crippen molar-refractivity contribution in [3.8, 4) is 0 Å². The molecule has 2 saturated heterocycles. The van der Waals surface area contributed by atoms with Crippen molar-refractivity contribution in [3.05, 3.63) is 0 Å². The predicted octanol–water partition coefficient (Wildman–Crippen LogP) is 5.46. The van der Waals surface area contributed by atoms with E-state index in [4.69, 9.17) is 14.2 Å². The van der Waals surface area contributed by atoms with E-state index in [1.807, 2.05) is 25.6 Å². The molecule has 31 heavy (non-hydrogen) atoms. The van der Waals surface area contributed by atoms with E-state index in [1.165, 1.54) is 0 Å². The maximum atomic E-state index is 13.3. The molecule has 2 rings (SSSR count). The summed E-state index contributed by atoms with van der Waals surface area (Å²) in [5.41, 5.74) is -1.27. The first kappa shape index (κ1) is 27.2. The lowest BCUT2D eigenvalue weighted by atomic mass is 9.64. The van der Waals surface area contributed by atoms with Crippen molar-refractivity contribution in [1.82, 2.24) is 0 Å². The average Bonchev–Trinajstić information content (AvgIpc) is 2.66. The summed E-state index contributed by atoms with van der Waals surface area (Å²) in [5.74, 6) is 3.81. The molecule has 3 atom stereocenters. The maximum Gasteiger partial charge on any atom is 0.312 e. The summed E-state index contributed by atoms with van der Waals surface area (Å²) in [5, 5.41) is 0. The highest BCUT2D eigenvalue weighted by Crippen LogP contribution is 2.45. The third kappa shape index (κ3) is 9.01. The van der Waals surface area contributed by atoms with Crippen molar-refractivity contribution in [1.29, 1.82) is 0 Å². The monoisotopic (exact) mass is 492 g/mol. The highest BCUT2D eigenvalue weighted by molar-refractivity contribution is 8.06. The highest BCUT2D eigenvalue weighted by Gasteiger charge is 2.45. The van der Waals surface area contributed by atoms with E-state index in [0.717, 1.165) is 23.0 Å². The van der Waals surface area contributed by atoms with Crippen molar-refractivity contribution in [2.24, 2.45) is 22.2 Å². The van der Waals surface area contributed by atoms with Crippen molar-refractivity contribution in [3.63, 3.8) is 0 Å². The molecule has 0 aromatic heterocycles. The Labute approximate surface area is 201 Å². The minimum Gasteiger partial charge on any atom is -0.450 e. The molecule has 0 bridgehead atoms. The summed E-state index contributed by atoms with van der Waals surface area (Å²) >= 11 is 5.28. The van der Waals surface area contributed by atoms with Gasteiger partial charge in [-0.05, 0) is 37.5 Å². The van der Waals surface area contributed by atoms with Crippen LogP contribution in [0.5, 0.6) is 0 Å². The van der Waals surface area contributed by atoms with Crippen LogP contribution in [0.1, 0.15) is 61.3 Å². The van der Waals surface area contributed by atoms with Crippen LogP contribution in [0, 0.1) is 22.2 Å². The molecule has 0 radical (unpaired) electrons. The van der Waals surface area contributed by atoms with Gasteiger partial charge in [-0.25, -0.2) is 0 Å². The van der Waals surface area contributed by atoms with Gasteiger partial charge in [-0.2, -0.15) is 23.5 Å². The summed E-state index contributed by atoms with van der Waals surface area (Å²) < 4.78 is 17.2. The lowest BCUT2D eigenvalue weighted by molar-refractivity contribution is -0.185. The van der Waals surface area contributed by atoms with Crippen LogP contribution in [0.4, 0.5) is 0 Å². The largest absolute Gasteiger partial charge is 0.450 e. The van der Waals surface area contributed by atoms with Crippen LogP contribution in [-0.4, -0.2) is 59.0 Å². The van der Waals surface area contributed by atoms with Gasteiger partial charge >= 0.3 is 11.9 Å². The number of hydrogen-bond donors (Lipinski definition) is 0. The van der Waals surface area contributed by atoms with Crippen molar-refractivity contribution >= 4 is 47.2 Å². The molecule has 0 saturated carbocycles. The van der Waals surface area contributed by atoms with E-state index < -0.39 is 17.1 Å². The zero-order valence-electron chi connectivity index (χ0n) is 20.2. The molecule has 5 nitrogen and oxygen atoms in total. The fourth-order valence-corrected chi connectivity index (χ4v) is 7.30. The van der Waals surface area contributed by atoms with Crippen molar-refractivity contribution < 1.29 is 23.8 Å². The number of hydrogen-bond acceptors (Lipinski definition) is 8. The van der Waals surface area contributed by atoms with Crippen LogP contribution in [0.3, 0.4) is 0 Å². The molecule has 0 aromatic rings. The second-order valence-corrected chi connectivity index (χ2v) is 14.5. The van der Waals surface area contributed by atoms with Gasteiger partial charge in [0, 0.05) is 23.0 Å². The molecular formula is C23H40O5S3. The summed E-state index contributed by atoms with van der Waals surface area (Å²) in [4.78, 5) is 26.3. The molecule has 2 aliphatic heterocycles. The molecule has 2 aliphatic rings. The Morgan fingerprint density at radius 2 is 1.65 bits per heavy atom. The molecule has 2 heterocycles. The molecule has 2 fully saturated rings. The quantitative estimate of drug-likeness (QED) is 0.414. The molecule has 0 aliphatic carbocycles. The predicted molar refractivity (Wildman–Crippen MR) is 133 cm³/mol. The molecule has 0 aromatic carbocycles. The van der Waals surface area contributed by atoms with Gasteiger partial charge in [-0.3, -0.25) is 9.59 Å². The molecule has 0 spiro atoms. The second kappa shape index (κ2) is 11.4. The van der Waals surface area contributed by atoms with Gasteiger partial charge in [0.25, 0.3) is 0 Å². The lowest BCUT2D eigenvalue weighted by Gasteiger charge is -2.41. The van der Waals surface area contributed by atoms with Gasteiger partial charge in [0.1, 0.15) is 0 Å². The van der Waals surface area contributed by atoms with E-state index in [0.29, 0.717) is 25.2 Å². The van der Waals surface area contributed by atoms with E-state index in [-0.39, 0.29) is 28.7 Å². The van der Waals surface area contributed by atoms with Crippen LogP contribution in [0.15, 0.2) is 0 Å². The fourth-order valence-electron chi connectivity index (χ4n) is 4.18. The van der Waals surface area contributed by atoms with Gasteiger partial charge < -0.3 is 14.2 Å². The Morgan fingerprint density at radius 3 is 2.19 bits per heavy atom. The van der Waals surface area contributed by atoms with Crippen molar-refractivity contribution in [2.75, 3.05) is 35.4 Å². The van der Waals surface area contributed by atoms with Gasteiger partial charge in [0.05, 0.1) is 23.7 Å². The first-order chi connectivity index (χ1) is 14.3. The highest BCUT2D eigenvalue weighted by atomic mass is 32.2. The second-order valence-electron chi connectivity index (χ2n) is 11.0. The number of thioether (sulfide) groups is 3. The zero-order valence-corrected chi connectivity index (χ0v) is 22.6. The first-order valence-corrected chi connectivity index (χ1v) is 14.5. The van der Waals surface area contributed by atoms with E-state index in [1.54, 1.807) is 23.5 Å².